The number of hydrogen-bond donors (Lipinski definition) is 1. The fraction of sp³-hybridized carbons (Fsp3) is 0.786. The molecule has 0 saturated carbocycles. The highest BCUT2D eigenvalue weighted by atomic mass is 32.1. The molecule has 2 unspecified atom stereocenters. The zero-order chi connectivity index (χ0) is 14.4. The molecule has 0 bridgehead atoms. The summed E-state index contributed by atoms with van der Waals surface area (Å²) >= 11 is 1.77. The number of nitrogens with one attached hydrogen (secondary N) is 1. The van der Waals surface area contributed by atoms with Gasteiger partial charge in [0.15, 0.2) is 5.13 Å². The number of methoxy groups -OCH3 is 2. The number of thiazole rings is 1. The maximum absolute atomic E-state index is 5.56. The fourth-order valence-electron chi connectivity index (χ4n) is 2.43. The van der Waals surface area contributed by atoms with E-state index in [0.717, 1.165) is 37.9 Å². The Labute approximate surface area is 125 Å². The molecule has 0 amide bonds. The third kappa shape index (κ3) is 4.15. The molecule has 1 aliphatic rings. The summed E-state index contributed by atoms with van der Waals surface area (Å²) in [6.45, 7) is 6.76. The largest absolute Gasteiger partial charge is 0.383 e. The van der Waals surface area contributed by atoms with Crippen molar-refractivity contribution in [3.63, 3.8) is 0 Å². The predicted octanol–water partition coefficient (Wildman–Crippen LogP) is 1.74. The molecule has 2 heterocycles. The van der Waals surface area contributed by atoms with Crippen molar-refractivity contribution in [3.8, 4) is 0 Å². The van der Waals surface area contributed by atoms with Crippen molar-refractivity contribution in [1.29, 1.82) is 0 Å². The fourth-order valence-corrected chi connectivity index (χ4v) is 3.34. The van der Waals surface area contributed by atoms with E-state index in [1.807, 2.05) is 6.20 Å². The first kappa shape index (κ1) is 15.7. The normalized spacial score (nSPS) is 23.2. The van der Waals surface area contributed by atoms with Crippen molar-refractivity contribution >= 4 is 16.5 Å². The Balaban J connectivity index is 1.85. The lowest BCUT2D eigenvalue weighted by molar-refractivity contribution is 0.0498. The Morgan fingerprint density at radius 1 is 1.50 bits per heavy atom. The van der Waals surface area contributed by atoms with Gasteiger partial charge in [-0.05, 0) is 12.3 Å². The SMILES string of the molecule is COCCNCc1cnc(N2CCC(C)C(OC)C2)s1. The molecule has 0 aliphatic carbocycles. The maximum atomic E-state index is 5.56. The Hall–Kier alpha value is -0.690. The molecule has 1 fully saturated rings. The minimum atomic E-state index is 0.316. The van der Waals surface area contributed by atoms with Crippen molar-refractivity contribution < 1.29 is 9.47 Å². The number of anilines is 1. The van der Waals surface area contributed by atoms with Crippen LogP contribution in [0.1, 0.15) is 18.2 Å². The van der Waals surface area contributed by atoms with Crippen molar-refractivity contribution in [2.24, 2.45) is 5.92 Å². The summed E-state index contributed by atoms with van der Waals surface area (Å²) in [5.74, 6) is 0.631. The van der Waals surface area contributed by atoms with Crippen LogP contribution in [0.4, 0.5) is 5.13 Å². The van der Waals surface area contributed by atoms with Gasteiger partial charge >= 0.3 is 0 Å². The van der Waals surface area contributed by atoms with E-state index in [4.69, 9.17) is 9.47 Å². The van der Waals surface area contributed by atoms with Crippen LogP contribution in [0.15, 0.2) is 6.20 Å². The van der Waals surface area contributed by atoms with Crippen molar-refractivity contribution in [2.75, 3.05) is 45.4 Å². The average molecular weight is 299 g/mol. The molecular weight excluding hydrogens is 274 g/mol. The molecule has 1 aromatic rings. The summed E-state index contributed by atoms with van der Waals surface area (Å²) in [5, 5.41) is 4.46. The monoisotopic (exact) mass is 299 g/mol. The standard InChI is InChI=1S/C14H25N3O2S/c1-11-4-6-17(10-13(11)19-3)14-16-9-12(20-14)8-15-5-7-18-2/h9,11,13,15H,4-8,10H2,1-3H3. The van der Waals surface area contributed by atoms with Crippen LogP contribution >= 0.6 is 11.3 Å². The summed E-state index contributed by atoms with van der Waals surface area (Å²) in [6, 6.07) is 0. The van der Waals surface area contributed by atoms with E-state index in [2.05, 4.69) is 22.1 Å². The molecule has 0 radical (unpaired) electrons. The molecule has 5 nitrogen and oxygen atoms in total. The first-order valence-electron chi connectivity index (χ1n) is 7.16. The summed E-state index contributed by atoms with van der Waals surface area (Å²) < 4.78 is 10.6. The van der Waals surface area contributed by atoms with Gasteiger partial charge in [-0.2, -0.15) is 0 Å². The van der Waals surface area contributed by atoms with E-state index < -0.39 is 0 Å². The second kappa shape index (κ2) is 7.93. The van der Waals surface area contributed by atoms with Crippen molar-refractivity contribution in [1.82, 2.24) is 10.3 Å². The highest BCUT2D eigenvalue weighted by molar-refractivity contribution is 7.15. The van der Waals surface area contributed by atoms with Gasteiger partial charge in [0.25, 0.3) is 0 Å². The molecule has 0 spiro atoms. The lowest BCUT2D eigenvalue weighted by atomic mass is 9.96. The van der Waals surface area contributed by atoms with Crippen LogP contribution in [0.5, 0.6) is 0 Å². The summed E-state index contributed by atoms with van der Waals surface area (Å²) in [6.07, 6.45) is 3.45. The van der Waals surface area contributed by atoms with Gasteiger partial charge < -0.3 is 19.7 Å². The first-order chi connectivity index (χ1) is 9.74. The highest BCUT2D eigenvalue weighted by Gasteiger charge is 2.27. The highest BCUT2D eigenvalue weighted by Crippen LogP contribution is 2.28. The lowest BCUT2D eigenvalue weighted by Gasteiger charge is -2.36. The van der Waals surface area contributed by atoms with Gasteiger partial charge in [0.05, 0.1) is 12.7 Å². The number of hydrogen-bond acceptors (Lipinski definition) is 6. The average Bonchev–Trinajstić information content (AvgIpc) is 2.93. The first-order valence-corrected chi connectivity index (χ1v) is 7.98. The molecule has 6 heteroatoms. The smallest absolute Gasteiger partial charge is 0.185 e. The molecule has 1 N–H and O–H groups in total. The molecule has 1 aromatic heterocycles. The summed E-state index contributed by atoms with van der Waals surface area (Å²) in [7, 11) is 3.52. The predicted molar refractivity (Wildman–Crippen MR) is 82.5 cm³/mol. The minimum Gasteiger partial charge on any atom is -0.383 e. The maximum Gasteiger partial charge on any atom is 0.185 e. The van der Waals surface area contributed by atoms with Crippen LogP contribution in [-0.4, -0.2) is 51.5 Å². The van der Waals surface area contributed by atoms with E-state index in [9.17, 15) is 0 Å². The van der Waals surface area contributed by atoms with Gasteiger partial charge in [0, 0.05) is 51.5 Å². The number of ether oxygens (including phenoxy) is 2. The van der Waals surface area contributed by atoms with Crippen molar-refractivity contribution in [2.45, 2.75) is 26.0 Å². The van der Waals surface area contributed by atoms with Crippen LogP contribution in [-0.2, 0) is 16.0 Å². The topological polar surface area (TPSA) is 46.6 Å². The van der Waals surface area contributed by atoms with Gasteiger partial charge in [-0.25, -0.2) is 4.98 Å². The second-order valence-corrected chi connectivity index (χ2v) is 6.36. The van der Waals surface area contributed by atoms with Gasteiger partial charge in [-0.15, -0.1) is 11.3 Å². The van der Waals surface area contributed by atoms with Crippen LogP contribution < -0.4 is 10.2 Å². The molecule has 2 rings (SSSR count). The Morgan fingerprint density at radius 2 is 2.35 bits per heavy atom. The molecule has 2 atom stereocenters. The van der Waals surface area contributed by atoms with Crippen LogP contribution in [0, 0.1) is 5.92 Å². The Bertz CT molecular complexity index is 400. The van der Waals surface area contributed by atoms with Gasteiger partial charge in [-0.3, -0.25) is 0 Å². The Kier molecular flexibility index (Phi) is 6.22. The molecule has 114 valence electrons. The van der Waals surface area contributed by atoms with E-state index in [-0.39, 0.29) is 0 Å². The number of aromatic nitrogens is 1. The van der Waals surface area contributed by atoms with E-state index >= 15 is 0 Å². The van der Waals surface area contributed by atoms with Gasteiger partial charge in [0.1, 0.15) is 0 Å². The van der Waals surface area contributed by atoms with Gasteiger partial charge in [-0.1, -0.05) is 6.92 Å². The minimum absolute atomic E-state index is 0.316. The van der Waals surface area contributed by atoms with E-state index in [1.54, 1.807) is 25.6 Å². The lowest BCUT2D eigenvalue weighted by Crippen LogP contribution is -2.43. The second-order valence-electron chi connectivity index (χ2n) is 5.26. The molecule has 1 aliphatic heterocycles. The van der Waals surface area contributed by atoms with Crippen molar-refractivity contribution in [3.05, 3.63) is 11.1 Å². The Morgan fingerprint density at radius 3 is 3.10 bits per heavy atom. The number of rotatable bonds is 7. The van der Waals surface area contributed by atoms with Crippen LogP contribution in [0.25, 0.3) is 0 Å². The number of nitrogens with zero attached hydrogens (tertiary/aromatic N) is 2. The molecule has 20 heavy (non-hydrogen) atoms. The van der Waals surface area contributed by atoms with Crippen LogP contribution in [0.3, 0.4) is 0 Å². The molecule has 0 aromatic carbocycles. The zero-order valence-corrected chi connectivity index (χ0v) is 13.4. The third-order valence-electron chi connectivity index (χ3n) is 3.79. The van der Waals surface area contributed by atoms with Crippen LogP contribution in [0.2, 0.25) is 0 Å². The zero-order valence-electron chi connectivity index (χ0n) is 12.6. The summed E-state index contributed by atoms with van der Waals surface area (Å²) in [5.41, 5.74) is 0. The van der Waals surface area contributed by atoms with E-state index in [0.29, 0.717) is 12.0 Å². The van der Waals surface area contributed by atoms with Gasteiger partial charge in [0.2, 0.25) is 0 Å². The number of piperidine rings is 1. The molecular formula is C14H25N3O2S. The molecule has 1 saturated heterocycles. The van der Waals surface area contributed by atoms with E-state index in [1.165, 1.54) is 11.3 Å². The third-order valence-corrected chi connectivity index (χ3v) is 4.84. The summed E-state index contributed by atoms with van der Waals surface area (Å²) in [4.78, 5) is 8.16. The quantitative estimate of drug-likeness (QED) is 0.777.